The van der Waals surface area contributed by atoms with Crippen molar-refractivity contribution >= 4 is 27.7 Å². The summed E-state index contributed by atoms with van der Waals surface area (Å²) in [4.78, 5) is 11.6. The average molecular weight is 450 g/mol. The molecule has 0 saturated carbocycles. The molecule has 162 valence electrons. The Kier molecular flexibility index (Phi) is 7.51. The number of halogens is 5. The van der Waals surface area contributed by atoms with Gasteiger partial charge in [0.05, 0.1) is 4.90 Å². The smallest absolute Gasteiger partial charge is 0.402 e. The summed E-state index contributed by atoms with van der Waals surface area (Å²) in [6, 6.07) is 10.2. The van der Waals surface area contributed by atoms with Gasteiger partial charge in [-0.1, -0.05) is 18.2 Å². The Hall–Kier alpha value is -2.99. The molecule has 2 aromatic rings. The van der Waals surface area contributed by atoms with Gasteiger partial charge in [-0.2, -0.15) is 22.0 Å². The number of rotatable bonds is 8. The number of carbonyl (C=O) groups is 1. The molecule has 0 bridgehead atoms. The molecule has 0 atom stereocenters. The number of amides is 1. The molecule has 2 rings (SSSR count). The van der Waals surface area contributed by atoms with E-state index in [2.05, 4.69) is 10.1 Å². The summed E-state index contributed by atoms with van der Waals surface area (Å²) >= 11 is 0. The topological polar surface area (TPSA) is 84.5 Å². The van der Waals surface area contributed by atoms with Crippen molar-refractivity contribution in [1.29, 1.82) is 0 Å². The number of sulfonamides is 1. The summed E-state index contributed by atoms with van der Waals surface area (Å²) in [5.74, 6) is -0.787. The number of anilines is 1. The second-order valence-corrected chi connectivity index (χ2v) is 7.47. The maximum Gasteiger partial charge on any atom is 0.402 e. The van der Waals surface area contributed by atoms with Crippen molar-refractivity contribution in [2.45, 2.75) is 17.7 Å². The van der Waals surface area contributed by atoms with E-state index < -0.39 is 40.2 Å². The highest BCUT2D eigenvalue weighted by atomic mass is 32.2. The van der Waals surface area contributed by atoms with Crippen molar-refractivity contribution in [3.8, 4) is 5.75 Å². The lowest BCUT2D eigenvalue weighted by molar-refractivity contribution is -0.121. The number of nitrogens with one attached hydrogen (secondary N) is 2. The third-order valence-electron chi connectivity index (χ3n) is 3.44. The molecule has 0 fully saturated rings. The van der Waals surface area contributed by atoms with Crippen molar-refractivity contribution in [3.63, 3.8) is 0 Å². The van der Waals surface area contributed by atoms with E-state index in [-0.39, 0.29) is 17.0 Å². The summed E-state index contributed by atoms with van der Waals surface area (Å²) in [7, 11) is -4.37. The van der Waals surface area contributed by atoms with Gasteiger partial charge in [-0.05, 0) is 36.4 Å². The van der Waals surface area contributed by atoms with E-state index in [1.165, 1.54) is 41.1 Å². The molecule has 0 aliphatic heterocycles. The number of alkyl halides is 5. The van der Waals surface area contributed by atoms with Gasteiger partial charge >= 0.3 is 12.8 Å². The van der Waals surface area contributed by atoms with Crippen LogP contribution < -0.4 is 14.8 Å². The minimum atomic E-state index is -4.70. The van der Waals surface area contributed by atoms with Gasteiger partial charge in [-0.3, -0.25) is 4.79 Å². The molecule has 0 aliphatic carbocycles. The van der Waals surface area contributed by atoms with Crippen LogP contribution in [0.4, 0.5) is 27.6 Å². The fraction of sp³-hybridized carbons (Fsp3) is 0.167. The van der Waals surface area contributed by atoms with Crippen LogP contribution in [0, 0.1) is 0 Å². The Morgan fingerprint density at radius 3 is 2.30 bits per heavy atom. The van der Waals surface area contributed by atoms with Crippen molar-refractivity contribution in [1.82, 2.24) is 4.72 Å². The number of carbonyl (C=O) groups excluding carboxylic acids is 1. The van der Waals surface area contributed by atoms with Gasteiger partial charge in [0, 0.05) is 17.3 Å². The first-order valence-electron chi connectivity index (χ1n) is 8.16. The summed E-state index contributed by atoms with van der Waals surface area (Å²) in [5, 5.41) is 2.40. The number of benzene rings is 2. The molecule has 30 heavy (non-hydrogen) atoms. The zero-order valence-corrected chi connectivity index (χ0v) is 15.8. The van der Waals surface area contributed by atoms with Gasteiger partial charge in [0.15, 0.2) is 0 Å². The molecule has 0 radical (unpaired) electrons. The van der Waals surface area contributed by atoms with Crippen LogP contribution in [0.3, 0.4) is 0 Å². The standard InChI is InChI=1S/C18H15F5N2O4S/c19-17(20)29-15-4-2-1-3-12(15)5-10-16(26)25-13-6-8-14(9-7-13)30(27,28)24-11-18(21,22)23/h1-10,17,24H,11H2,(H,25,26)/b10-5+. The zero-order valence-electron chi connectivity index (χ0n) is 15.0. The van der Waals surface area contributed by atoms with Crippen LogP contribution in [-0.2, 0) is 14.8 Å². The van der Waals surface area contributed by atoms with Crippen LogP contribution in [0.5, 0.6) is 5.75 Å². The highest BCUT2D eigenvalue weighted by Crippen LogP contribution is 2.22. The molecule has 0 heterocycles. The summed E-state index contributed by atoms with van der Waals surface area (Å²) in [6.07, 6.45) is -2.41. The van der Waals surface area contributed by atoms with Gasteiger partial charge in [0.2, 0.25) is 15.9 Å². The maximum absolute atomic E-state index is 12.4. The van der Waals surface area contributed by atoms with E-state index in [1.54, 1.807) is 6.07 Å². The average Bonchev–Trinajstić information content (AvgIpc) is 2.65. The quantitative estimate of drug-likeness (QED) is 0.474. The molecule has 0 unspecified atom stereocenters. The molecular weight excluding hydrogens is 435 g/mol. The zero-order chi connectivity index (χ0) is 22.4. The second kappa shape index (κ2) is 9.67. The molecule has 0 aliphatic rings. The summed E-state index contributed by atoms with van der Waals surface area (Å²) in [5.41, 5.74) is 0.390. The fourth-order valence-electron chi connectivity index (χ4n) is 2.15. The number of ether oxygens (including phenoxy) is 1. The lowest BCUT2D eigenvalue weighted by Crippen LogP contribution is -2.33. The number of para-hydroxylation sites is 1. The summed E-state index contributed by atoms with van der Waals surface area (Å²) in [6.45, 7) is -4.75. The molecule has 12 heteroatoms. The first-order chi connectivity index (χ1) is 14.0. The van der Waals surface area contributed by atoms with Gasteiger partial charge in [0.25, 0.3) is 0 Å². The van der Waals surface area contributed by atoms with E-state index in [1.807, 2.05) is 0 Å². The molecule has 0 spiro atoms. The number of hydrogen-bond acceptors (Lipinski definition) is 4. The Bertz CT molecular complexity index is 1010. The molecule has 6 nitrogen and oxygen atoms in total. The first-order valence-corrected chi connectivity index (χ1v) is 9.64. The van der Waals surface area contributed by atoms with Gasteiger partial charge in [-0.25, -0.2) is 13.1 Å². The monoisotopic (exact) mass is 450 g/mol. The van der Waals surface area contributed by atoms with E-state index >= 15 is 0 Å². The molecule has 2 N–H and O–H groups in total. The summed E-state index contributed by atoms with van der Waals surface area (Å²) < 4.78 is 90.6. The van der Waals surface area contributed by atoms with Crippen molar-refractivity contribution in [2.75, 3.05) is 11.9 Å². The Morgan fingerprint density at radius 2 is 1.70 bits per heavy atom. The predicted octanol–water partition coefficient (Wildman–Crippen LogP) is 3.78. The van der Waals surface area contributed by atoms with E-state index in [0.29, 0.717) is 0 Å². The Morgan fingerprint density at radius 1 is 1.07 bits per heavy atom. The van der Waals surface area contributed by atoms with E-state index in [0.717, 1.165) is 18.2 Å². The van der Waals surface area contributed by atoms with E-state index in [9.17, 15) is 35.2 Å². The fourth-order valence-corrected chi connectivity index (χ4v) is 3.16. The Labute approximate surface area is 168 Å². The highest BCUT2D eigenvalue weighted by Gasteiger charge is 2.30. The third-order valence-corrected chi connectivity index (χ3v) is 4.86. The normalized spacial score (nSPS) is 12.3. The predicted molar refractivity (Wildman–Crippen MR) is 98.4 cm³/mol. The lowest BCUT2D eigenvalue weighted by atomic mass is 10.2. The molecule has 0 saturated heterocycles. The highest BCUT2D eigenvalue weighted by molar-refractivity contribution is 7.89. The SMILES string of the molecule is O=C(/C=C/c1ccccc1OC(F)F)Nc1ccc(S(=O)(=O)NCC(F)(F)F)cc1. The third kappa shape index (κ3) is 7.44. The molecule has 1 amide bonds. The van der Waals surface area contributed by atoms with Crippen LogP contribution in [0.25, 0.3) is 6.08 Å². The minimum absolute atomic E-state index is 0.127. The van der Waals surface area contributed by atoms with E-state index in [4.69, 9.17) is 0 Å². The van der Waals surface area contributed by atoms with Crippen LogP contribution in [-0.4, -0.2) is 33.7 Å². The van der Waals surface area contributed by atoms with Crippen LogP contribution in [0.2, 0.25) is 0 Å². The van der Waals surface area contributed by atoms with Gasteiger partial charge < -0.3 is 10.1 Å². The largest absolute Gasteiger partial charge is 0.434 e. The first kappa shape index (κ1) is 23.3. The van der Waals surface area contributed by atoms with Crippen molar-refractivity contribution in [2.24, 2.45) is 0 Å². The van der Waals surface area contributed by atoms with Crippen molar-refractivity contribution in [3.05, 3.63) is 60.2 Å². The molecule has 0 aromatic heterocycles. The van der Waals surface area contributed by atoms with Crippen LogP contribution in [0.15, 0.2) is 59.5 Å². The molecular formula is C18H15F5N2O4S. The number of hydrogen-bond donors (Lipinski definition) is 2. The Balaban J connectivity index is 2.02. The molecule has 2 aromatic carbocycles. The van der Waals surface area contributed by atoms with Gasteiger partial charge in [-0.15, -0.1) is 0 Å². The maximum atomic E-state index is 12.4. The van der Waals surface area contributed by atoms with Gasteiger partial charge in [0.1, 0.15) is 12.3 Å². The minimum Gasteiger partial charge on any atom is -0.434 e. The lowest BCUT2D eigenvalue weighted by Gasteiger charge is -2.10. The second-order valence-electron chi connectivity index (χ2n) is 5.70. The van der Waals surface area contributed by atoms with Crippen molar-refractivity contribution < 1.29 is 39.9 Å². The van der Waals surface area contributed by atoms with Crippen LogP contribution >= 0.6 is 0 Å². The van der Waals surface area contributed by atoms with Crippen LogP contribution in [0.1, 0.15) is 5.56 Å².